The number of piperazine rings is 1. The van der Waals surface area contributed by atoms with E-state index in [0.717, 1.165) is 53.5 Å². The van der Waals surface area contributed by atoms with Gasteiger partial charge >= 0.3 is 5.97 Å². The predicted molar refractivity (Wildman–Crippen MR) is 118 cm³/mol. The molecule has 0 radical (unpaired) electrons. The Balaban J connectivity index is 1.27. The van der Waals surface area contributed by atoms with E-state index >= 15 is 0 Å². The van der Waals surface area contributed by atoms with Gasteiger partial charge in [0.1, 0.15) is 6.54 Å². The van der Waals surface area contributed by atoms with Gasteiger partial charge in [-0.05, 0) is 56.2 Å². The molecule has 1 aliphatic heterocycles. The molecular formula is C23H27ClN4O3. The lowest BCUT2D eigenvalue weighted by atomic mass is 10.1. The molecule has 1 aromatic heterocycles. The maximum absolute atomic E-state index is 13.0. The molecule has 2 fully saturated rings. The van der Waals surface area contributed by atoms with Crippen LogP contribution in [-0.4, -0.2) is 59.3 Å². The average molecular weight is 443 g/mol. The molecule has 1 saturated heterocycles. The molecular weight excluding hydrogens is 416 g/mol. The number of carbonyl (C=O) groups is 2. The number of hydrogen-bond donors (Lipinski definition) is 0. The first kappa shape index (κ1) is 20.4. The summed E-state index contributed by atoms with van der Waals surface area (Å²) < 4.78 is 6.96. The number of esters is 1. The Kier molecular flexibility index (Phi) is 5.16. The van der Waals surface area contributed by atoms with E-state index < -0.39 is 0 Å². The number of nitrogens with zero attached hydrogens (tertiary/aromatic N) is 4. The minimum Gasteiger partial charge on any atom is -0.461 e. The Morgan fingerprint density at radius 2 is 2.00 bits per heavy atom. The van der Waals surface area contributed by atoms with Gasteiger partial charge < -0.3 is 14.5 Å². The van der Waals surface area contributed by atoms with Crippen molar-refractivity contribution in [2.45, 2.75) is 39.2 Å². The van der Waals surface area contributed by atoms with Gasteiger partial charge in [-0.15, -0.1) is 0 Å². The van der Waals surface area contributed by atoms with Crippen LogP contribution in [0, 0.1) is 12.8 Å². The van der Waals surface area contributed by atoms with Crippen LogP contribution in [0.4, 0.5) is 5.69 Å². The van der Waals surface area contributed by atoms with Crippen LogP contribution in [0.3, 0.4) is 0 Å². The van der Waals surface area contributed by atoms with Crippen LogP contribution in [0.5, 0.6) is 0 Å². The number of fused-ring (bicyclic) bond motifs is 3. The number of carbonyl (C=O) groups excluding carboxylic acids is 2. The van der Waals surface area contributed by atoms with E-state index in [9.17, 15) is 9.59 Å². The number of aromatic nitrogens is 2. The molecule has 0 bridgehead atoms. The van der Waals surface area contributed by atoms with Crippen LogP contribution < -0.4 is 4.90 Å². The van der Waals surface area contributed by atoms with Crippen molar-refractivity contribution in [3.8, 4) is 0 Å². The largest absolute Gasteiger partial charge is 0.461 e. The topological polar surface area (TPSA) is 67.7 Å². The molecule has 1 saturated carbocycles. The van der Waals surface area contributed by atoms with Gasteiger partial charge in [-0.3, -0.25) is 9.48 Å². The molecule has 8 heteroatoms. The summed E-state index contributed by atoms with van der Waals surface area (Å²) in [5.74, 6) is 0.696. The van der Waals surface area contributed by atoms with Crippen molar-refractivity contribution in [1.29, 1.82) is 0 Å². The maximum Gasteiger partial charge on any atom is 0.359 e. The summed E-state index contributed by atoms with van der Waals surface area (Å²) in [6, 6.07) is 5.94. The van der Waals surface area contributed by atoms with Crippen LogP contribution in [0.25, 0.3) is 0 Å². The van der Waals surface area contributed by atoms with Crippen LogP contribution in [-0.2, 0) is 22.5 Å². The normalized spacial score (nSPS) is 21.6. The third-order valence-electron chi connectivity index (χ3n) is 6.81. The zero-order chi connectivity index (χ0) is 21.7. The van der Waals surface area contributed by atoms with E-state index in [1.807, 2.05) is 24.0 Å². The van der Waals surface area contributed by atoms with Crippen molar-refractivity contribution in [2.75, 3.05) is 37.7 Å². The average Bonchev–Trinajstić information content (AvgIpc) is 3.29. The van der Waals surface area contributed by atoms with Crippen molar-refractivity contribution in [3.63, 3.8) is 0 Å². The van der Waals surface area contributed by atoms with Crippen LogP contribution >= 0.6 is 11.6 Å². The van der Waals surface area contributed by atoms with E-state index in [0.29, 0.717) is 37.2 Å². The van der Waals surface area contributed by atoms with E-state index in [1.54, 1.807) is 11.6 Å². The number of ether oxygens (including phenoxy) is 1. The highest BCUT2D eigenvalue weighted by Crippen LogP contribution is 2.57. The highest BCUT2D eigenvalue weighted by molar-refractivity contribution is 6.31. The van der Waals surface area contributed by atoms with Gasteiger partial charge in [0.25, 0.3) is 0 Å². The summed E-state index contributed by atoms with van der Waals surface area (Å²) in [6.07, 6.45) is 2.02. The third kappa shape index (κ3) is 3.59. The molecule has 3 aliphatic rings. The number of halogens is 1. The van der Waals surface area contributed by atoms with Gasteiger partial charge in [-0.25, -0.2) is 4.79 Å². The van der Waals surface area contributed by atoms with Crippen molar-refractivity contribution in [2.24, 2.45) is 5.92 Å². The van der Waals surface area contributed by atoms with Gasteiger partial charge in [0.15, 0.2) is 5.69 Å². The molecule has 31 heavy (non-hydrogen) atoms. The van der Waals surface area contributed by atoms with Crippen molar-refractivity contribution in [1.82, 2.24) is 14.7 Å². The summed E-state index contributed by atoms with van der Waals surface area (Å²) >= 11 is 6.27. The number of hydrogen-bond acceptors (Lipinski definition) is 5. The fourth-order valence-electron chi connectivity index (χ4n) is 5.04. The zero-order valence-electron chi connectivity index (χ0n) is 17.9. The Bertz CT molecular complexity index is 1040. The summed E-state index contributed by atoms with van der Waals surface area (Å²) in [5.41, 5.74) is 4.68. The van der Waals surface area contributed by atoms with Gasteiger partial charge in [0.05, 0.1) is 6.61 Å². The molecule has 0 unspecified atom stereocenters. The summed E-state index contributed by atoms with van der Waals surface area (Å²) in [5, 5.41) is 5.28. The summed E-state index contributed by atoms with van der Waals surface area (Å²) in [4.78, 5) is 29.6. The van der Waals surface area contributed by atoms with Gasteiger partial charge in [-0.1, -0.05) is 17.7 Å². The van der Waals surface area contributed by atoms with E-state index in [1.165, 1.54) is 0 Å². The maximum atomic E-state index is 13.0. The molecule has 5 rings (SSSR count). The second kappa shape index (κ2) is 7.86. The highest BCUT2D eigenvalue weighted by Gasteiger charge is 2.50. The molecule has 1 aromatic carbocycles. The molecule has 7 nitrogen and oxygen atoms in total. The number of benzene rings is 1. The summed E-state index contributed by atoms with van der Waals surface area (Å²) in [7, 11) is 0. The lowest BCUT2D eigenvalue weighted by Gasteiger charge is -2.37. The van der Waals surface area contributed by atoms with Gasteiger partial charge in [0, 0.05) is 48.1 Å². The molecule has 2 heterocycles. The molecule has 2 aromatic rings. The monoisotopic (exact) mass is 442 g/mol. The van der Waals surface area contributed by atoms with E-state index in [2.05, 4.69) is 16.1 Å². The van der Waals surface area contributed by atoms with Crippen LogP contribution in [0.2, 0.25) is 5.02 Å². The molecule has 0 spiro atoms. The lowest BCUT2D eigenvalue weighted by molar-refractivity contribution is -0.132. The number of rotatable bonds is 5. The van der Waals surface area contributed by atoms with Gasteiger partial charge in [-0.2, -0.15) is 5.10 Å². The highest BCUT2D eigenvalue weighted by atomic mass is 35.5. The first-order chi connectivity index (χ1) is 15.0. The molecule has 2 aliphatic carbocycles. The lowest BCUT2D eigenvalue weighted by Crippen LogP contribution is -2.50. The predicted octanol–water partition coefficient (Wildman–Crippen LogP) is 3.03. The zero-order valence-corrected chi connectivity index (χ0v) is 18.7. The fourth-order valence-corrected chi connectivity index (χ4v) is 5.20. The second-order valence-corrected chi connectivity index (χ2v) is 9.05. The SMILES string of the molecule is CCOC(=O)c1nn(CC(=O)N2CCN(c3cccc(Cl)c3C)CC2)c2c1[C@@H]1C[C@@H]1C2. The standard InChI is InChI=1S/C23H27ClN4O3/c1-3-31-23(30)22-21-16-11-15(16)12-19(21)28(25-22)13-20(29)27-9-7-26(8-10-27)18-6-4-5-17(24)14(18)2/h4-6,15-16H,3,7-13H2,1-2H3/t15-,16-/m1/s1. The molecule has 2 atom stereocenters. The van der Waals surface area contributed by atoms with E-state index in [4.69, 9.17) is 16.3 Å². The first-order valence-corrected chi connectivity index (χ1v) is 11.4. The van der Waals surface area contributed by atoms with Crippen molar-refractivity contribution >= 4 is 29.2 Å². The molecule has 0 N–H and O–H groups in total. The molecule has 1 amide bonds. The number of anilines is 1. The summed E-state index contributed by atoms with van der Waals surface area (Å²) in [6.45, 7) is 7.17. The van der Waals surface area contributed by atoms with E-state index in [-0.39, 0.29) is 18.4 Å². The number of amides is 1. The Labute approximate surface area is 186 Å². The third-order valence-corrected chi connectivity index (χ3v) is 7.22. The first-order valence-electron chi connectivity index (χ1n) is 11.0. The van der Waals surface area contributed by atoms with Crippen LogP contribution in [0.15, 0.2) is 18.2 Å². The van der Waals surface area contributed by atoms with Crippen molar-refractivity contribution < 1.29 is 14.3 Å². The minimum atomic E-state index is -0.372. The molecule has 164 valence electrons. The quantitative estimate of drug-likeness (QED) is 0.666. The minimum absolute atomic E-state index is 0.0451. The Hall–Kier alpha value is -2.54. The Morgan fingerprint density at radius 3 is 2.74 bits per heavy atom. The van der Waals surface area contributed by atoms with Gasteiger partial charge in [0.2, 0.25) is 5.91 Å². The Morgan fingerprint density at radius 1 is 1.23 bits per heavy atom. The van der Waals surface area contributed by atoms with Crippen molar-refractivity contribution in [3.05, 3.63) is 45.7 Å². The second-order valence-electron chi connectivity index (χ2n) is 8.65. The smallest absolute Gasteiger partial charge is 0.359 e. The van der Waals surface area contributed by atoms with Crippen LogP contribution in [0.1, 0.15) is 46.6 Å². The fraction of sp³-hybridized carbons (Fsp3) is 0.522.